The fourth-order valence-corrected chi connectivity index (χ4v) is 1.61. The first kappa shape index (κ1) is 12.0. The highest BCUT2D eigenvalue weighted by atomic mass is 19.1. The molecule has 1 heterocycles. The predicted molar refractivity (Wildman–Crippen MR) is 65.7 cm³/mol. The van der Waals surface area contributed by atoms with E-state index in [0.717, 1.165) is 11.8 Å². The predicted octanol–water partition coefficient (Wildman–Crippen LogP) is 2.69. The van der Waals surface area contributed by atoms with Crippen molar-refractivity contribution in [3.63, 3.8) is 0 Å². The van der Waals surface area contributed by atoms with E-state index in [1.165, 1.54) is 11.1 Å². The van der Waals surface area contributed by atoms with Gasteiger partial charge >= 0.3 is 5.97 Å². The molecular formula is C13H11FN2O2. The second kappa shape index (κ2) is 4.83. The van der Waals surface area contributed by atoms with E-state index in [4.69, 9.17) is 5.11 Å². The van der Waals surface area contributed by atoms with Crippen molar-refractivity contribution in [1.29, 1.82) is 0 Å². The number of aromatic carboxylic acids is 1. The average Bonchev–Trinajstić information content (AvgIpc) is 2.39. The lowest BCUT2D eigenvalue weighted by atomic mass is 10.2. The van der Waals surface area contributed by atoms with E-state index >= 15 is 0 Å². The Morgan fingerprint density at radius 1 is 1.28 bits per heavy atom. The van der Waals surface area contributed by atoms with Crippen molar-refractivity contribution in [3.8, 4) is 0 Å². The van der Waals surface area contributed by atoms with Gasteiger partial charge in [-0.1, -0.05) is 18.2 Å². The van der Waals surface area contributed by atoms with Gasteiger partial charge in [-0.15, -0.1) is 0 Å². The number of benzene rings is 1. The molecule has 0 saturated carbocycles. The minimum atomic E-state index is -1.31. The summed E-state index contributed by atoms with van der Waals surface area (Å²) < 4.78 is 14.0. The van der Waals surface area contributed by atoms with Crippen LogP contribution in [-0.2, 0) is 0 Å². The van der Waals surface area contributed by atoms with Crippen molar-refractivity contribution in [2.24, 2.45) is 0 Å². The number of rotatable bonds is 3. The first-order valence-corrected chi connectivity index (χ1v) is 5.28. The highest BCUT2D eigenvalue weighted by molar-refractivity contribution is 5.89. The molecule has 4 nitrogen and oxygen atoms in total. The number of aromatic nitrogens is 1. The van der Waals surface area contributed by atoms with Gasteiger partial charge < -0.3 is 10.0 Å². The Labute approximate surface area is 103 Å². The normalized spacial score (nSPS) is 10.1. The number of para-hydroxylation sites is 1. The van der Waals surface area contributed by atoms with E-state index in [1.54, 1.807) is 19.2 Å². The summed E-state index contributed by atoms with van der Waals surface area (Å²) in [5.74, 6) is -2.16. The zero-order chi connectivity index (χ0) is 13.1. The van der Waals surface area contributed by atoms with Crippen molar-refractivity contribution < 1.29 is 14.3 Å². The van der Waals surface area contributed by atoms with Gasteiger partial charge in [-0.25, -0.2) is 14.2 Å². The van der Waals surface area contributed by atoms with Gasteiger partial charge in [0, 0.05) is 18.9 Å². The molecule has 1 aromatic carbocycles. The van der Waals surface area contributed by atoms with Crippen molar-refractivity contribution in [1.82, 2.24) is 4.98 Å². The Morgan fingerprint density at radius 2 is 1.94 bits per heavy atom. The molecule has 1 N–H and O–H groups in total. The number of nitrogens with zero attached hydrogens (tertiary/aromatic N) is 2. The van der Waals surface area contributed by atoms with E-state index < -0.39 is 11.8 Å². The van der Waals surface area contributed by atoms with Gasteiger partial charge in [0.15, 0.2) is 11.6 Å². The first-order chi connectivity index (χ1) is 8.61. The summed E-state index contributed by atoms with van der Waals surface area (Å²) >= 11 is 0. The number of hydrogen-bond acceptors (Lipinski definition) is 3. The van der Waals surface area contributed by atoms with Crippen LogP contribution >= 0.6 is 0 Å². The molecule has 0 unspecified atom stereocenters. The van der Waals surface area contributed by atoms with Gasteiger partial charge in [-0.3, -0.25) is 0 Å². The molecule has 0 aliphatic rings. The maximum Gasteiger partial charge on any atom is 0.338 e. The molecule has 18 heavy (non-hydrogen) atoms. The van der Waals surface area contributed by atoms with Crippen LogP contribution in [0, 0.1) is 5.82 Å². The lowest BCUT2D eigenvalue weighted by molar-refractivity contribution is 0.0692. The van der Waals surface area contributed by atoms with Crippen LogP contribution in [0.15, 0.2) is 42.6 Å². The molecule has 2 rings (SSSR count). The Bertz CT molecular complexity index is 572. The minimum absolute atomic E-state index is 0.0129. The molecule has 0 saturated heterocycles. The standard InChI is InChI=1S/C13H11FN2O2/c1-16(9-5-3-2-4-6-9)12-11(14)10(13(17)18)7-8-15-12/h2-8H,1H3,(H,17,18). The fourth-order valence-electron chi connectivity index (χ4n) is 1.61. The molecule has 0 bridgehead atoms. The van der Waals surface area contributed by atoms with Crippen LogP contribution in [0.3, 0.4) is 0 Å². The van der Waals surface area contributed by atoms with Crippen LogP contribution in [-0.4, -0.2) is 23.1 Å². The molecule has 0 amide bonds. The lowest BCUT2D eigenvalue weighted by Gasteiger charge is -2.19. The molecular weight excluding hydrogens is 235 g/mol. The van der Waals surface area contributed by atoms with Crippen molar-refractivity contribution in [3.05, 3.63) is 54.0 Å². The van der Waals surface area contributed by atoms with Crippen molar-refractivity contribution in [2.75, 3.05) is 11.9 Å². The number of halogens is 1. The maximum atomic E-state index is 14.0. The first-order valence-electron chi connectivity index (χ1n) is 5.28. The zero-order valence-corrected chi connectivity index (χ0v) is 9.67. The topological polar surface area (TPSA) is 53.4 Å². The van der Waals surface area contributed by atoms with Crippen LogP contribution in [0.1, 0.15) is 10.4 Å². The molecule has 2 aromatic rings. The fraction of sp³-hybridized carbons (Fsp3) is 0.0769. The van der Waals surface area contributed by atoms with E-state index in [-0.39, 0.29) is 11.4 Å². The van der Waals surface area contributed by atoms with Crippen molar-refractivity contribution >= 4 is 17.5 Å². The van der Waals surface area contributed by atoms with Gasteiger partial charge in [0.05, 0.1) is 0 Å². The molecule has 0 atom stereocenters. The number of carboxylic acids is 1. The molecule has 0 spiro atoms. The number of anilines is 2. The summed E-state index contributed by atoms with van der Waals surface area (Å²) in [6, 6.07) is 10.2. The maximum absolute atomic E-state index is 14.0. The molecule has 0 fully saturated rings. The van der Waals surface area contributed by atoms with E-state index in [1.807, 2.05) is 18.2 Å². The van der Waals surface area contributed by atoms with Crippen LogP contribution in [0.5, 0.6) is 0 Å². The number of pyridine rings is 1. The summed E-state index contributed by atoms with van der Waals surface area (Å²) in [4.78, 5) is 16.2. The quantitative estimate of drug-likeness (QED) is 0.904. The summed E-state index contributed by atoms with van der Waals surface area (Å²) in [5.41, 5.74) is 0.342. The summed E-state index contributed by atoms with van der Waals surface area (Å²) in [7, 11) is 1.63. The van der Waals surface area contributed by atoms with E-state index in [0.29, 0.717) is 0 Å². The van der Waals surface area contributed by atoms with Gasteiger partial charge in [0.1, 0.15) is 5.56 Å². The Balaban J connectivity index is 2.46. The van der Waals surface area contributed by atoms with Crippen LogP contribution in [0.4, 0.5) is 15.9 Å². The second-order valence-corrected chi connectivity index (χ2v) is 3.70. The van der Waals surface area contributed by atoms with Crippen molar-refractivity contribution in [2.45, 2.75) is 0 Å². The second-order valence-electron chi connectivity index (χ2n) is 3.70. The average molecular weight is 246 g/mol. The molecule has 1 aromatic heterocycles. The van der Waals surface area contributed by atoms with E-state index in [9.17, 15) is 9.18 Å². The summed E-state index contributed by atoms with van der Waals surface area (Å²) in [6.07, 6.45) is 1.28. The Morgan fingerprint density at radius 3 is 2.56 bits per heavy atom. The third-order valence-corrected chi connectivity index (χ3v) is 2.56. The summed E-state index contributed by atoms with van der Waals surface area (Å²) in [5, 5.41) is 8.86. The van der Waals surface area contributed by atoms with Crippen LogP contribution in [0.25, 0.3) is 0 Å². The minimum Gasteiger partial charge on any atom is -0.478 e. The smallest absolute Gasteiger partial charge is 0.338 e. The van der Waals surface area contributed by atoms with E-state index in [2.05, 4.69) is 4.98 Å². The number of carbonyl (C=O) groups is 1. The summed E-state index contributed by atoms with van der Waals surface area (Å²) in [6.45, 7) is 0. The zero-order valence-electron chi connectivity index (χ0n) is 9.67. The largest absolute Gasteiger partial charge is 0.478 e. The number of carboxylic acid groups (broad SMARTS) is 1. The SMILES string of the molecule is CN(c1ccccc1)c1nccc(C(=O)O)c1F. The molecule has 5 heteroatoms. The highest BCUT2D eigenvalue weighted by Crippen LogP contribution is 2.25. The number of hydrogen-bond donors (Lipinski definition) is 1. The van der Waals surface area contributed by atoms with Gasteiger partial charge in [-0.2, -0.15) is 0 Å². The van der Waals surface area contributed by atoms with Gasteiger partial charge in [0.25, 0.3) is 0 Å². The third-order valence-electron chi connectivity index (χ3n) is 2.56. The Hall–Kier alpha value is -2.43. The van der Waals surface area contributed by atoms with Gasteiger partial charge in [0.2, 0.25) is 0 Å². The molecule has 92 valence electrons. The Kier molecular flexibility index (Phi) is 3.23. The molecule has 0 aliphatic heterocycles. The lowest BCUT2D eigenvalue weighted by Crippen LogP contribution is -2.15. The van der Waals surface area contributed by atoms with Crippen LogP contribution < -0.4 is 4.90 Å². The molecule has 0 radical (unpaired) electrons. The highest BCUT2D eigenvalue weighted by Gasteiger charge is 2.18. The van der Waals surface area contributed by atoms with Gasteiger partial charge in [-0.05, 0) is 18.2 Å². The third kappa shape index (κ3) is 2.15. The monoisotopic (exact) mass is 246 g/mol. The van der Waals surface area contributed by atoms with Crippen LogP contribution in [0.2, 0.25) is 0 Å². The molecule has 0 aliphatic carbocycles.